The second-order valence-electron chi connectivity index (χ2n) is 5.02. The number of likely N-dealkylation sites (N-methyl/N-ethyl adjacent to an activating group) is 1. The number of benzene rings is 1. The van der Waals surface area contributed by atoms with E-state index < -0.39 is 0 Å². The number of ether oxygens (including phenoxy) is 1. The molecule has 3 rings (SSSR count). The fourth-order valence-corrected chi connectivity index (χ4v) is 3.03. The van der Waals surface area contributed by atoms with E-state index >= 15 is 0 Å². The van der Waals surface area contributed by atoms with E-state index in [4.69, 9.17) is 4.74 Å². The molecule has 4 heteroatoms. The molecule has 0 radical (unpaired) electrons. The summed E-state index contributed by atoms with van der Waals surface area (Å²) < 4.78 is 6.58. The number of pyridine rings is 1. The molecule has 2 heterocycles. The standard InChI is InChI=1S/C16H17BrN2O/c1-18-15(7-11-6-14(17)10-19-9-11)12-2-3-16-13(8-12)4-5-20-16/h2-3,6,8-10,15,18H,4-5,7H2,1H3. The average Bonchev–Trinajstić information content (AvgIpc) is 2.92. The van der Waals surface area contributed by atoms with Gasteiger partial charge in [-0.05, 0) is 58.2 Å². The maximum Gasteiger partial charge on any atom is 0.122 e. The lowest BCUT2D eigenvalue weighted by atomic mass is 9.97. The molecule has 1 aliphatic rings. The third kappa shape index (κ3) is 2.86. The van der Waals surface area contributed by atoms with Crippen LogP contribution in [0.1, 0.15) is 22.7 Å². The fraction of sp³-hybridized carbons (Fsp3) is 0.312. The van der Waals surface area contributed by atoms with Crippen molar-refractivity contribution in [3.05, 3.63) is 57.8 Å². The normalized spacial score (nSPS) is 14.7. The lowest BCUT2D eigenvalue weighted by Crippen LogP contribution is -2.19. The lowest BCUT2D eigenvalue weighted by molar-refractivity contribution is 0.356. The van der Waals surface area contributed by atoms with Gasteiger partial charge in [-0.1, -0.05) is 12.1 Å². The summed E-state index contributed by atoms with van der Waals surface area (Å²) in [6.07, 6.45) is 5.66. The predicted octanol–water partition coefficient (Wildman–Crippen LogP) is 3.28. The maximum atomic E-state index is 5.56. The molecule has 0 aliphatic carbocycles. The van der Waals surface area contributed by atoms with Gasteiger partial charge < -0.3 is 10.1 Å². The molecule has 1 aromatic heterocycles. The first kappa shape index (κ1) is 13.6. The average molecular weight is 333 g/mol. The van der Waals surface area contributed by atoms with Gasteiger partial charge in [0.25, 0.3) is 0 Å². The van der Waals surface area contributed by atoms with Crippen molar-refractivity contribution in [1.82, 2.24) is 10.3 Å². The minimum atomic E-state index is 0.289. The van der Waals surface area contributed by atoms with Crippen LogP contribution >= 0.6 is 15.9 Å². The van der Waals surface area contributed by atoms with Gasteiger partial charge in [-0.25, -0.2) is 0 Å². The molecule has 3 nitrogen and oxygen atoms in total. The summed E-state index contributed by atoms with van der Waals surface area (Å²) in [6, 6.07) is 8.90. The Morgan fingerprint density at radius 1 is 1.35 bits per heavy atom. The molecule has 0 spiro atoms. The smallest absolute Gasteiger partial charge is 0.122 e. The molecule has 20 heavy (non-hydrogen) atoms. The van der Waals surface area contributed by atoms with E-state index in [0.717, 1.165) is 29.7 Å². The van der Waals surface area contributed by atoms with Crippen LogP contribution in [0.5, 0.6) is 5.75 Å². The SMILES string of the molecule is CNC(Cc1cncc(Br)c1)c1ccc2c(c1)CCO2. The molecule has 0 amide bonds. The monoisotopic (exact) mass is 332 g/mol. The van der Waals surface area contributed by atoms with Gasteiger partial charge in [0.1, 0.15) is 5.75 Å². The Hall–Kier alpha value is -1.39. The van der Waals surface area contributed by atoms with Gasteiger partial charge in [-0.2, -0.15) is 0 Å². The van der Waals surface area contributed by atoms with Crippen molar-refractivity contribution in [2.75, 3.05) is 13.7 Å². The summed E-state index contributed by atoms with van der Waals surface area (Å²) >= 11 is 3.47. The highest BCUT2D eigenvalue weighted by Gasteiger charge is 2.16. The number of nitrogens with one attached hydrogen (secondary N) is 1. The van der Waals surface area contributed by atoms with Gasteiger partial charge in [0.15, 0.2) is 0 Å². The molecule has 2 aromatic rings. The Labute approximate surface area is 127 Å². The third-order valence-corrected chi connectivity index (χ3v) is 4.10. The van der Waals surface area contributed by atoms with Gasteiger partial charge >= 0.3 is 0 Å². The van der Waals surface area contributed by atoms with E-state index in [2.05, 4.69) is 50.5 Å². The van der Waals surface area contributed by atoms with Gasteiger partial charge in [0.05, 0.1) is 6.61 Å². The van der Waals surface area contributed by atoms with Crippen LogP contribution < -0.4 is 10.1 Å². The highest BCUT2D eigenvalue weighted by Crippen LogP contribution is 2.29. The summed E-state index contributed by atoms with van der Waals surface area (Å²) in [4.78, 5) is 4.23. The van der Waals surface area contributed by atoms with E-state index in [1.165, 1.54) is 16.7 Å². The molecule has 0 saturated heterocycles. The Balaban J connectivity index is 1.83. The lowest BCUT2D eigenvalue weighted by Gasteiger charge is -2.17. The second kappa shape index (κ2) is 5.94. The van der Waals surface area contributed by atoms with Crippen molar-refractivity contribution in [2.24, 2.45) is 0 Å². The van der Waals surface area contributed by atoms with Gasteiger partial charge in [0.2, 0.25) is 0 Å². The van der Waals surface area contributed by atoms with Crippen molar-refractivity contribution in [2.45, 2.75) is 18.9 Å². The first-order chi connectivity index (χ1) is 9.76. The Morgan fingerprint density at radius 3 is 3.05 bits per heavy atom. The Bertz CT molecular complexity index is 615. The minimum Gasteiger partial charge on any atom is -0.493 e. The quantitative estimate of drug-likeness (QED) is 0.932. The molecule has 0 bridgehead atoms. The van der Waals surface area contributed by atoms with Gasteiger partial charge in [-0.3, -0.25) is 4.98 Å². The minimum absolute atomic E-state index is 0.289. The van der Waals surface area contributed by atoms with Crippen molar-refractivity contribution < 1.29 is 4.74 Å². The third-order valence-electron chi connectivity index (χ3n) is 3.67. The van der Waals surface area contributed by atoms with Crippen LogP contribution in [-0.2, 0) is 12.8 Å². The molecule has 1 aromatic carbocycles. The number of halogens is 1. The zero-order chi connectivity index (χ0) is 13.9. The molecule has 1 aliphatic heterocycles. The first-order valence-corrected chi connectivity index (χ1v) is 7.58. The number of hydrogen-bond acceptors (Lipinski definition) is 3. The fourth-order valence-electron chi connectivity index (χ4n) is 2.61. The van der Waals surface area contributed by atoms with Crippen LogP contribution in [0, 0.1) is 0 Å². The van der Waals surface area contributed by atoms with Crippen LogP contribution in [0.4, 0.5) is 0 Å². The van der Waals surface area contributed by atoms with Gasteiger partial charge in [-0.15, -0.1) is 0 Å². The molecule has 1 unspecified atom stereocenters. The van der Waals surface area contributed by atoms with E-state index in [-0.39, 0.29) is 6.04 Å². The second-order valence-corrected chi connectivity index (χ2v) is 5.94. The predicted molar refractivity (Wildman–Crippen MR) is 83.1 cm³/mol. The first-order valence-electron chi connectivity index (χ1n) is 6.78. The number of hydrogen-bond donors (Lipinski definition) is 1. The number of nitrogens with zero attached hydrogens (tertiary/aromatic N) is 1. The van der Waals surface area contributed by atoms with Crippen LogP contribution in [0.15, 0.2) is 41.1 Å². The van der Waals surface area contributed by atoms with E-state index in [1.54, 1.807) is 0 Å². The Morgan fingerprint density at radius 2 is 2.25 bits per heavy atom. The number of aromatic nitrogens is 1. The summed E-state index contributed by atoms with van der Waals surface area (Å²) in [5, 5.41) is 3.39. The zero-order valence-corrected chi connectivity index (χ0v) is 13.0. The van der Waals surface area contributed by atoms with Crippen molar-refractivity contribution in [3.63, 3.8) is 0 Å². The molecule has 0 saturated carbocycles. The van der Waals surface area contributed by atoms with E-state index in [1.807, 2.05) is 19.4 Å². The highest BCUT2D eigenvalue weighted by atomic mass is 79.9. The molecule has 0 fully saturated rings. The Kier molecular flexibility index (Phi) is 4.03. The highest BCUT2D eigenvalue weighted by molar-refractivity contribution is 9.10. The summed E-state index contributed by atoms with van der Waals surface area (Å²) in [6.45, 7) is 0.804. The maximum absolute atomic E-state index is 5.56. The molecule has 1 N–H and O–H groups in total. The van der Waals surface area contributed by atoms with Gasteiger partial charge in [0, 0.05) is 29.3 Å². The summed E-state index contributed by atoms with van der Waals surface area (Å²) in [7, 11) is 2.00. The zero-order valence-electron chi connectivity index (χ0n) is 11.4. The van der Waals surface area contributed by atoms with Crippen molar-refractivity contribution >= 4 is 15.9 Å². The summed E-state index contributed by atoms with van der Waals surface area (Å²) in [5.74, 6) is 1.03. The van der Waals surface area contributed by atoms with E-state index in [9.17, 15) is 0 Å². The topological polar surface area (TPSA) is 34.2 Å². The van der Waals surface area contributed by atoms with Crippen molar-refractivity contribution in [1.29, 1.82) is 0 Å². The molecular formula is C16H17BrN2O. The van der Waals surface area contributed by atoms with Crippen LogP contribution in [0.3, 0.4) is 0 Å². The van der Waals surface area contributed by atoms with Crippen LogP contribution in [0.2, 0.25) is 0 Å². The van der Waals surface area contributed by atoms with E-state index in [0.29, 0.717) is 0 Å². The molecular weight excluding hydrogens is 316 g/mol. The van der Waals surface area contributed by atoms with Crippen LogP contribution in [-0.4, -0.2) is 18.6 Å². The number of fused-ring (bicyclic) bond motifs is 1. The summed E-state index contributed by atoms with van der Waals surface area (Å²) in [5.41, 5.74) is 3.84. The molecule has 104 valence electrons. The number of rotatable bonds is 4. The largest absolute Gasteiger partial charge is 0.493 e. The van der Waals surface area contributed by atoms with Crippen molar-refractivity contribution in [3.8, 4) is 5.75 Å². The molecule has 1 atom stereocenters. The van der Waals surface area contributed by atoms with Crippen LogP contribution in [0.25, 0.3) is 0 Å².